The second kappa shape index (κ2) is 7.33. The highest BCUT2D eigenvalue weighted by Crippen LogP contribution is 2.29. The lowest BCUT2D eigenvalue weighted by Gasteiger charge is -2.15. The monoisotopic (exact) mass is 360 g/mol. The summed E-state index contributed by atoms with van der Waals surface area (Å²) in [5.41, 5.74) is 12.2. The van der Waals surface area contributed by atoms with Crippen LogP contribution in [0.15, 0.2) is 60.7 Å². The van der Waals surface area contributed by atoms with Crippen LogP contribution in [0.25, 0.3) is 10.8 Å². The molecule has 7 nitrogen and oxygen atoms in total. The van der Waals surface area contributed by atoms with Gasteiger partial charge in [-0.15, -0.1) is 4.79 Å². The van der Waals surface area contributed by atoms with Gasteiger partial charge in [0.05, 0.1) is 6.54 Å². The van der Waals surface area contributed by atoms with Gasteiger partial charge in [0.1, 0.15) is 12.4 Å². The molecule has 7 heteroatoms. The summed E-state index contributed by atoms with van der Waals surface area (Å²) in [5, 5.41) is 13.3. The van der Waals surface area contributed by atoms with Crippen molar-refractivity contribution in [3.8, 4) is 5.75 Å². The van der Waals surface area contributed by atoms with Crippen LogP contribution in [-0.2, 0) is 13.2 Å². The second-order valence-corrected chi connectivity index (χ2v) is 6.32. The van der Waals surface area contributed by atoms with Gasteiger partial charge in [0, 0.05) is 5.56 Å². The van der Waals surface area contributed by atoms with Crippen LogP contribution >= 0.6 is 0 Å². The van der Waals surface area contributed by atoms with E-state index in [9.17, 15) is 0 Å². The van der Waals surface area contributed by atoms with Crippen molar-refractivity contribution < 1.29 is 4.74 Å². The molecule has 0 saturated heterocycles. The molecule has 0 aliphatic heterocycles. The van der Waals surface area contributed by atoms with Gasteiger partial charge in [-0.1, -0.05) is 65.3 Å². The largest absolute Gasteiger partial charge is 0.489 e. The molecule has 0 fully saturated rings. The molecule has 4 aromatic rings. The van der Waals surface area contributed by atoms with Crippen molar-refractivity contribution in [2.45, 2.75) is 20.1 Å². The maximum Gasteiger partial charge on any atom is 0.260 e. The zero-order chi connectivity index (χ0) is 18.6. The van der Waals surface area contributed by atoms with E-state index in [1.165, 1.54) is 10.4 Å². The molecule has 0 aliphatic carbocycles. The first kappa shape index (κ1) is 16.8. The van der Waals surface area contributed by atoms with Crippen LogP contribution in [0.4, 0.5) is 5.95 Å². The minimum absolute atomic E-state index is 0.206. The van der Waals surface area contributed by atoms with E-state index in [1.54, 1.807) is 0 Å². The van der Waals surface area contributed by atoms with E-state index in [0.29, 0.717) is 13.2 Å². The van der Waals surface area contributed by atoms with Crippen LogP contribution in [0, 0.1) is 6.92 Å². The number of benzene rings is 3. The van der Waals surface area contributed by atoms with Gasteiger partial charge < -0.3 is 15.9 Å². The fourth-order valence-electron chi connectivity index (χ4n) is 2.94. The van der Waals surface area contributed by atoms with Crippen molar-refractivity contribution in [1.29, 1.82) is 0 Å². The number of ether oxygens (including phenoxy) is 1. The standard InChI is InChI=1S/C20H20N6O/c1-14-6-8-15(9-7-14)13-27-19-11-10-16-4-2-3-5-17(16)18(19)12-22-26-20(21)23-24-25-26/h2-11,22H,12-13H2,1H3,(H2,21,23,25). The highest BCUT2D eigenvalue weighted by Gasteiger charge is 2.10. The first-order valence-corrected chi connectivity index (χ1v) is 8.67. The van der Waals surface area contributed by atoms with Gasteiger partial charge in [-0.05, 0) is 39.8 Å². The Morgan fingerprint density at radius 2 is 1.85 bits per heavy atom. The number of fused-ring (bicyclic) bond motifs is 1. The summed E-state index contributed by atoms with van der Waals surface area (Å²) < 4.78 is 6.14. The van der Waals surface area contributed by atoms with Gasteiger partial charge in [-0.2, -0.15) is 0 Å². The SMILES string of the molecule is Cc1ccc(COc2ccc3ccccc3c2CNn2nnnc2N)cc1. The summed E-state index contributed by atoms with van der Waals surface area (Å²) in [6.45, 7) is 3.04. The minimum Gasteiger partial charge on any atom is -0.489 e. The van der Waals surface area contributed by atoms with E-state index < -0.39 is 0 Å². The van der Waals surface area contributed by atoms with Crippen LogP contribution in [0.3, 0.4) is 0 Å². The predicted octanol–water partition coefficient (Wildman–Crippen LogP) is 3.04. The van der Waals surface area contributed by atoms with Crippen molar-refractivity contribution in [1.82, 2.24) is 20.3 Å². The average Bonchev–Trinajstić information content (AvgIpc) is 3.11. The van der Waals surface area contributed by atoms with Crippen molar-refractivity contribution >= 4 is 16.7 Å². The predicted molar refractivity (Wildman–Crippen MR) is 105 cm³/mol. The highest BCUT2D eigenvalue weighted by atomic mass is 16.5. The van der Waals surface area contributed by atoms with Crippen LogP contribution in [0.2, 0.25) is 0 Å². The molecule has 0 unspecified atom stereocenters. The second-order valence-electron chi connectivity index (χ2n) is 6.32. The summed E-state index contributed by atoms with van der Waals surface area (Å²) in [5.74, 6) is 1.02. The molecule has 3 N–H and O–H groups in total. The summed E-state index contributed by atoms with van der Waals surface area (Å²) >= 11 is 0. The van der Waals surface area contributed by atoms with E-state index >= 15 is 0 Å². The normalized spacial score (nSPS) is 10.9. The minimum atomic E-state index is 0.206. The molecule has 27 heavy (non-hydrogen) atoms. The Kier molecular flexibility index (Phi) is 4.57. The zero-order valence-electron chi connectivity index (χ0n) is 15.0. The van der Waals surface area contributed by atoms with Gasteiger partial charge in [-0.25, -0.2) is 0 Å². The smallest absolute Gasteiger partial charge is 0.260 e. The summed E-state index contributed by atoms with van der Waals surface area (Å²) in [4.78, 5) is 1.35. The van der Waals surface area contributed by atoms with E-state index in [0.717, 1.165) is 27.6 Å². The van der Waals surface area contributed by atoms with Gasteiger partial charge in [0.25, 0.3) is 5.95 Å². The molecule has 0 amide bonds. The molecule has 0 spiro atoms. The Morgan fingerprint density at radius 1 is 1.04 bits per heavy atom. The fraction of sp³-hybridized carbons (Fsp3) is 0.150. The summed E-state index contributed by atoms with van der Waals surface area (Å²) in [6.07, 6.45) is 0. The number of hydrogen-bond donors (Lipinski definition) is 2. The molecule has 3 aromatic carbocycles. The van der Waals surface area contributed by atoms with Gasteiger partial charge in [0.2, 0.25) is 0 Å². The number of nitrogens with one attached hydrogen (secondary N) is 1. The Labute approximate surface area is 156 Å². The van der Waals surface area contributed by atoms with Crippen molar-refractivity contribution in [2.24, 2.45) is 0 Å². The molecule has 0 bridgehead atoms. The van der Waals surface area contributed by atoms with Crippen LogP contribution in [-0.4, -0.2) is 20.3 Å². The number of rotatable bonds is 6. The van der Waals surface area contributed by atoms with E-state index in [-0.39, 0.29) is 5.95 Å². The average molecular weight is 360 g/mol. The molecular weight excluding hydrogens is 340 g/mol. The van der Waals surface area contributed by atoms with E-state index in [1.807, 2.05) is 18.2 Å². The van der Waals surface area contributed by atoms with Crippen molar-refractivity contribution in [3.63, 3.8) is 0 Å². The van der Waals surface area contributed by atoms with Crippen molar-refractivity contribution in [2.75, 3.05) is 11.2 Å². The summed E-state index contributed by atoms with van der Waals surface area (Å²) in [7, 11) is 0. The third-order valence-electron chi connectivity index (χ3n) is 4.41. The number of nitrogens with zero attached hydrogens (tertiary/aromatic N) is 4. The molecule has 0 atom stereocenters. The molecule has 1 aromatic heterocycles. The maximum absolute atomic E-state index is 6.14. The first-order valence-electron chi connectivity index (χ1n) is 8.67. The third-order valence-corrected chi connectivity index (χ3v) is 4.41. The number of hydrogen-bond acceptors (Lipinski definition) is 6. The molecule has 0 aliphatic rings. The molecule has 4 rings (SSSR count). The lowest BCUT2D eigenvalue weighted by molar-refractivity contribution is 0.303. The molecule has 0 radical (unpaired) electrons. The van der Waals surface area contributed by atoms with Crippen LogP contribution < -0.4 is 15.9 Å². The Balaban J connectivity index is 1.62. The first-order chi connectivity index (χ1) is 13.2. The molecule has 0 saturated carbocycles. The number of anilines is 1. The number of nitrogen functional groups attached to an aromatic ring is 1. The number of nitrogens with two attached hydrogens (primary N) is 1. The van der Waals surface area contributed by atoms with Gasteiger partial charge >= 0.3 is 0 Å². The van der Waals surface area contributed by atoms with Crippen LogP contribution in [0.1, 0.15) is 16.7 Å². The molecule has 1 heterocycles. The number of aryl methyl sites for hydroxylation is 1. The topological polar surface area (TPSA) is 90.9 Å². The molecular formula is C20H20N6O. The van der Waals surface area contributed by atoms with Crippen molar-refractivity contribution in [3.05, 3.63) is 77.4 Å². The quantitative estimate of drug-likeness (QED) is 0.549. The van der Waals surface area contributed by atoms with E-state index in [2.05, 4.69) is 70.3 Å². The van der Waals surface area contributed by atoms with Gasteiger partial charge in [-0.3, -0.25) is 0 Å². The fourth-order valence-corrected chi connectivity index (χ4v) is 2.94. The summed E-state index contributed by atoms with van der Waals surface area (Å²) in [6, 6.07) is 20.6. The lowest BCUT2D eigenvalue weighted by atomic mass is 10.0. The van der Waals surface area contributed by atoms with Gasteiger partial charge in [0.15, 0.2) is 0 Å². The highest BCUT2D eigenvalue weighted by molar-refractivity contribution is 5.87. The Morgan fingerprint density at radius 3 is 2.63 bits per heavy atom. The number of tetrazole rings is 1. The lowest BCUT2D eigenvalue weighted by Crippen LogP contribution is -2.19. The van der Waals surface area contributed by atoms with Crippen LogP contribution in [0.5, 0.6) is 5.75 Å². The Hall–Kier alpha value is -3.61. The Bertz CT molecular complexity index is 1060. The third kappa shape index (κ3) is 3.67. The van der Waals surface area contributed by atoms with E-state index in [4.69, 9.17) is 10.5 Å². The zero-order valence-corrected chi connectivity index (χ0v) is 15.0. The number of aromatic nitrogens is 4. The maximum atomic E-state index is 6.14. The molecule has 136 valence electrons.